The van der Waals surface area contributed by atoms with Crippen molar-refractivity contribution in [2.75, 3.05) is 11.9 Å². The van der Waals surface area contributed by atoms with E-state index in [-0.39, 0.29) is 6.54 Å². The molecule has 112 valence electrons. The van der Waals surface area contributed by atoms with Crippen LogP contribution >= 0.6 is 0 Å². The number of nitrogens with zero attached hydrogens (tertiary/aromatic N) is 2. The van der Waals surface area contributed by atoms with E-state index in [0.717, 1.165) is 30.6 Å². The third kappa shape index (κ3) is 2.93. The van der Waals surface area contributed by atoms with Gasteiger partial charge >= 0.3 is 0 Å². The van der Waals surface area contributed by atoms with Crippen molar-refractivity contribution in [3.8, 4) is 0 Å². The minimum absolute atomic E-state index is 0.195. The number of nitrogens with one attached hydrogen (secondary N) is 2. The summed E-state index contributed by atoms with van der Waals surface area (Å²) in [5.74, 6) is 0. The zero-order valence-corrected chi connectivity index (χ0v) is 12.7. The van der Waals surface area contributed by atoms with Crippen LogP contribution in [0.2, 0.25) is 0 Å². The highest BCUT2D eigenvalue weighted by Crippen LogP contribution is 2.28. The Balaban J connectivity index is 1.85. The Labute approximate surface area is 124 Å². The summed E-state index contributed by atoms with van der Waals surface area (Å²) in [5, 5.41) is 7.42. The topological polar surface area (TPSA) is 76.0 Å². The predicted molar refractivity (Wildman–Crippen MR) is 80.5 cm³/mol. The van der Waals surface area contributed by atoms with Crippen LogP contribution in [0.25, 0.3) is 0 Å². The van der Waals surface area contributed by atoms with Crippen LogP contribution in [0, 0.1) is 0 Å². The van der Waals surface area contributed by atoms with Crippen molar-refractivity contribution in [2.45, 2.75) is 24.3 Å². The van der Waals surface area contributed by atoms with Crippen molar-refractivity contribution in [1.29, 1.82) is 0 Å². The van der Waals surface area contributed by atoms with E-state index in [1.165, 1.54) is 0 Å². The Bertz CT molecular complexity index is 752. The van der Waals surface area contributed by atoms with E-state index in [2.05, 4.69) is 15.1 Å². The van der Waals surface area contributed by atoms with Gasteiger partial charge in [-0.15, -0.1) is 0 Å². The standard InChI is InChI=1S/C14H18N4O2S/c1-18-9-7-11(17-18)10-16-21(19,20)14-6-2-5-13-12(14)4-3-8-15-13/h2,5-7,9,15-16H,3-4,8,10H2,1H3. The molecule has 1 aromatic heterocycles. The molecule has 7 heteroatoms. The molecule has 0 saturated carbocycles. The minimum Gasteiger partial charge on any atom is -0.385 e. The van der Waals surface area contributed by atoms with E-state index in [1.54, 1.807) is 36.1 Å². The van der Waals surface area contributed by atoms with Gasteiger partial charge in [0.25, 0.3) is 0 Å². The third-order valence-electron chi connectivity index (χ3n) is 3.55. The first-order valence-electron chi connectivity index (χ1n) is 6.90. The second-order valence-electron chi connectivity index (χ2n) is 5.12. The molecule has 2 aromatic rings. The maximum Gasteiger partial charge on any atom is 0.241 e. The van der Waals surface area contributed by atoms with Crippen LogP contribution in [0.15, 0.2) is 35.4 Å². The van der Waals surface area contributed by atoms with E-state index in [9.17, 15) is 8.42 Å². The molecular weight excluding hydrogens is 288 g/mol. The molecule has 0 spiro atoms. The fraction of sp³-hybridized carbons (Fsp3) is 0.357. The van der Waals surface area contributed by atoms with Gasteiger partial charge in [-0.3, -0.25) is 4.68 Å². The minimum atomic E-state index is -3.53. The molecule has 0 radical (unpaired) electrons. The maximum absolute atomic E-state index is 12.5. The van der Waals surface area contributed by atoms with Gasteiger partial charge in [0, 0.05) is 25.5 Å². The highest BCUT2D eigenvalue weighted by Gasteiger charge is 2.22. The summed E-state index contributed by atoms with van der Waals surface area (Å²) in [7, 11) is -1.73. The van der Waals surface area contributed by atoms with E-state index in [0.29, 0.717) is 10.6 Å². The van der Waals surface area contributed by atoms with Crippen molar-refractivity contribution in [3.63, 3.8) is 0 Å². The molecule has 0 atom stereocenters. The monoisotopic (exact) mass is 306 g/mol. The predicted octanol–water partition coefficient (Wildman–Crippen LogP) is 1.26. The third-order valence-corrected chi connectivity index (χ3v) is 5.04. The van der Waals surface area contributed by atoms with Crippen LogP contribution in [0.5, 0.6) is 0 Å². The molecule has 3 rings (SSSR count). The zero-order valence-electron chi connectivity index (χ0n) is 11.8. The van der Waals surface area contributed by atoms with Gasteiger partial charge in [0.05, 0.1) is 17.1 Å². The molecule has 6 nitrogen and oxygen atoms in total. The average molecular weight is 306 g/mol. The Morgan fingerprint density at radius 1 is 1.38 bits per heavy atom. The SMILES string of the molecule is Cn1ccc(CNS(=O)(=O)c2cccc3c2CCCN3)n1. The van der Waals surface area contributed by atoms with Crippen molar-refractivity contribution in [1.82, 2.24) is 14.5 Å². The van der Waals surface area contributed by atoms with Gasteiger partial charge in [0.2, 0.25) is 10.0 Å². The Hall–Kier alpha value is -1.86. The molecule has 2 N–H and O–H groups in total. The summed E-state index contributed by atoms with van der Waals surface area (Å²) in [4.78, 5) is 0.364. The molecule has 0 fully saturated rings. The molecule has 0 aliphatic carbocycles. The summed E-state index contributed by atoms with van der Waals surface area (Å²) in [5.41, 5.74) is 2.49. The highest BCUT2D eigenvalue weighted by atomic mass is 32.2. The number of aryl methyl sites for hydroxylation is 1. The van der Waals surface area contributed by atoms with Crippen LogP contribution in [-0.4, -0.2) is 24.7 Å². The molecule has 1 aliphatic heterocycles. The lowest BCUT2D eigenvalue weighted by molar-refractivity contribution is 0.577. The first-order valence-corrected chi connectivity index (χ1v) is 8.38. The number of rotatable bonds is 4. The molecule has 21 heavy (non-hydrogen) atoms. The van der Waals surface area contributed by atoms with E-state index in [4.69, 9.17) is 0 Å². The molecule has 1 aromatic carbocycles. The van der Waals surface area contributed by atoms with E-state index in [1.807, 2.05) is 6.07 Å². The van der Waals surface area contributed by atoms with Gasteiger partial charge in [-0.1, -0.05) is 6.07 Å². The molecule has 0 unspecified atom stereocenters. The number of anilines is 1. The molecule has 0 bridgehead atoms. The summed E-state index contributed by atoms with van der Waals surface area (Å²) in [6.07, 6.45) is 3.51. The van der Waals surface area contributed by atoms with Crippen molar-refractivity contribution in [3.05, 3.63) is 41.7 Å². The largest absolute Gasteiger partial charge is 0.385 e. The first kappa shape index (κ1) is 14.1. The molecule has 1 aliphatic rings. The van der Waals surface area contributed by atoms with Gasteiger partial charge in [-0.05, 0) is 36.6 Å². The maximum atomic E-state index is 12.5. The van der Waals surface area contributed by atoms with Crippen molar-refractivity contribution >= 4 is 15.7 Å². The van der Waals surface area contributed by atoms with Crippen LogP contribution < -0.4 is 10.0 Å². The molecule has 2 heterocycles. The van der Waals surface area contributed by atoms with Gasteiger partial charge < -0.3 is 5.32 Å². The molecule has 0 saturated heterocycles. The second kappa shape index (κ2) is 5.50. The van der Waals surface area contributed by atoms with Crippen molar-refractivity contribution < 1.29 is 8.42 Å². The van der Waals surface area contributed by atoms with Crippen LogP contribution in [-0.2, 0) is 30.0 Å². The summed E-state index contributed by atoms with van der Waals surface area (Å²) in [6, 6.07) is 7.15. The smallest absolute Gasteiger partial charge is 0.241 e. The molecule has 0 amide bonds. The number of aromatic nitrogens is 2. The van der Waals surface area contributed by atoms with E-state index < -0.39 is 10.0 Å². The summed E-state index contributed by atoms with van der Waals surface area (Å²) >= 11 is 0. The number of fused-ring (bicyclic) bond motifs is 1. The number of benzene rings is 1. The quantitative estimate of drug-likeness (QED) is 0.891. The van der Waals surface area contributed by atoms with Gasteiger partial charge in [0.15, 0.2) is 0 Å². The van der Waals surface area contributed by atoms with Crippen LogP contribution in [0.4, 0.5) is 5.69 Å². The Kier molecular flexibility index (Phi) is 3.69. The Morgan fingerprint density at radius 3 is 3.00 bits per heavy atom. The Morgan fingerprint density at radius 2 is 2.24 bits per heavy atom. The van der Waals surface area contributed by atoms with Gasteiger partial charge in [-0.25, -0.2) is 13.1 Å². The van der Waals surface area contributed by atoms with Gasteiger partial charge in [-0.2, -0.15) is 5.10 Å². The van der Waals surface area contributed by atoms with Crippen molar-refractivity contribution in [2.24, 2.45) is 7.05 Å². The highest BCUT2D eigenvalue weighted by molar-refractivity contribution is 7.89. The summed E-state index contributed by atoms with van der Waals surface area (Å²) < 4.78 is 29.3. The second-order valence-corrected chi connectivity index (χ2v) is 6.85. The zero-order chi connectivity index (χ0) is 14.9. The summed E-state index contributed by atoms with van der Waals surface area (Å²) in [6.45, 7) is 1.08. The first-order chi connectivity index (χ1) is 10.1. The number of hydrogen-bond acceptors (Lipinski definition) is 4. The van der Waals surface area contributed by atoms with Crippen LogP contribution in [0.1, 0.15) is 17.7 Å². The lowest BCUT2D eigenvalue weighted by atomic mass is 10.0. The van der Waals surface area contributed by atoms with Gasteiger partial charge in [0.1, 0.15) is 0 Å². The van der Waals surface area contributed by atoms with E-state index >= 15 is 0 Å². The number of sulfonamides is 1. The average Bonchev–Trinajstić information content (AvgIpc) is 2.90. The van der Waals surface area contributed by atoms with Crippen LogP contribution in [0.3, 0.4) is 0 Å². The molecular formula is C14H18N4O2S. The lowest BCUT2D eigenvalue weighted by Gasteiger charge is -2.20. The fourth-order valence-corrected chi connectivity index (χ4v) is 3.82. The fourth-order valence-electron chi connectivity index (χ4n) is 2.53. The normalized spacial score (nSPS) is 14.5. The number of hydrogen-bond donors (Lipinski definition) is 2. The lowest BCUT2D eigenvalue weighted by Crippen LogP contribution is -2.26.